The van der Waals surface area contributed by atoms with Gasteiger partial charge >= 0.3 is 0 Å². The Hall–Kier alpha value is -1.03. The Morgan fingerprint density at radius 3 is 2.34 bits per heavy atom. The van der Waals surface area contributed by atoms with Gasteiger partial charge in [-0.1, -0.05) is 72.5 Å². The van der Waals surface area contributed by atoms with Gasteiger partial charge in [0.1, 0.15) is 5.78 Å². The van der Waals surface area contributed by atoms with Crippen LogP contribution in [-0.2, 0) is 4.79 Å². The molecule has 0 amide bonds. The van der Waals surface area contributed by atoms with E-state index in [1.54, 1.807) is 5.57 Å². The molecule has 0 radical (unpaired) electrons. The van der Waals surface area contributed by atoms with Crippen LogP contribution in [0.1, 0.15) is 126 Å². The number of unbranched alkanes of at least 4 members (excludes halogenated alkanes) is 1. The molecule has 194 valence electrons. The average molecular weight is 477 g/mol. The molecule has 0 N–H and O–H groups in total. The van der Waals surface area contributed by atoms with Gasteiger partial charge < -0.3 is 0 Å². The quantitative estimate of drug-likeness (QED) is 0.287. The van der Waals surface area contributed by atoms with Crippen molar-refractivity contribution in [2.45, 2.75) is 126 Å². The first-order valence-corrected chi connectivity index (χ1v) is 15.0. The van der Waals surface area contributed by atoms with E-state index in [-0.39, 0.29) is 16.2 Å². The first kappa shape index (κ1) is 25.6. The molecule has 0 heterocycles. The second-order valence-electron chi connectivity index (χ2n) is 15.5. The van der Waals surface area contributed by atoms with Crippen molar-refractivity contribution in [3.05, 3.63) is 11.6 Å². The van der Waals surface area contributed by atoms with Crippen LogP contribution in [0.15, 0.2) is 11.6 Å². The van der Waals surface area contributed by atoms with Crippen LogP contribution in [-0.4, -0.2) is 5.78 Å². The zero-order chi connectivity index (χ0) is 25.4. The Morgan fingerprint density at radius 1 is 0.914 bits per heavy atom. The van der Waals surface area contributed by atoms with Crippen molar-refractivity contribution in [3.8, 4) is 12.3 Å². The van der Waals surface area contributed by atoms with Crippen LogP contribution in [0, 0.1) is 69.0 Å². The van der Waals surface area contributed by atoms with Crippen molar-refractivity contribution in [2.24, 2.45) is 56.7 Å². The zero-order valence-corrected chi connectivity index (χ0v) is 23.9. The zero-order valence-electron chi connectivity index (χ0n) is 23.9. The Balaban J connectivity index is 1.60. The molecule has 0 aromatic rings. The molecule has 5 fully saturated rings. The topological polar surface area (TPSA) is 17.1 Å². The highest BCUT2D eigenvalue weighted by Crippen LogP contribution is 2.73. The molecule has 0 saturated heterocycles. The number of rotatable bonds is 2. The van der Waals surface area contributed by atoms with Crippen LogP contribution in [0.2, 0.25) is 0 Å². The Labute approximate surface area is 216 Å². The minimum atomic E-state index is -0.170. The largest absolute Gasteiger partial charge is 0.299 e. The Morgan fingerprint density at radius 2 is 1.66 bits per heavy atom. The summed E-state index contributed by atoms with van der Waals surface area (Å²) in [6, 6.07) is 0. The lowest BCUT2D eigenvalue weighted by atomic mass is 9.34. The lowest BCUT2D eigenvalue weighted by Gasteiger charge is -2.69. The molecule has 0 bridgehead atoms. The number of carbonyl (C=O) groups is 1. The summed E-state index contributed by atoms with van der Waals surface area (Å²) in [5, 5.41) is 0. The maximum absolute atomic E-state index is 13.0. The molecule has 5 rings (SSSR count). The molecule has 5 aliphatic carbocycles. The molecule has 1 heteroatoms. The predicted octanol–water partition coefficient (Wildman–Crippen LogP) is 9.02. The predicted molar refractivity (Wildman–Crippen MR) is 147 cm³/mol. The fourth-order valence-corrected chi connectivity index (χ4v) is 11.0. The minimum Gasteiger partial charge on any atom is -0.299 e. The first-order valence-electron chi connectivity index (χ1n) is 15.0. The van der Waals surface area contributed by atoms with E-state index in [2.05, 4.69) is 60.5 Å². The van der Waals surface area contributed by atoms with Gasteiger partial charge in [0, 0.05) is 17.3 Å². The number of hydrogen-bond donors (Lipinski definition) is 0. The smallest absolute Gasteiger partial charge is 0.138 e. The number of fused-ring (bicyclic) bond motifs is 7. The highest BCUT2D eigenvalue weighted by atomic mass is 16.1. The highest BCUT2D eigenvalue weighted by Gasteiger charge is 2.67. The van der Waals surface area contributed by atoms with Crippen LogP contribution in [0.4, 0.5) is 0 Å². The van der Waals surface area contributed by atoms with E-state index >= 15 is 0 Å². The van der Waals surface area contributed by atoms with E-state index in [4.69, 9.17) is 6.42 Å². The molecule has 0 spiro atoms. The lowest BCUT2D eigenvalue weighted by molar-refractivity contribution is -0.188. The van der Waals surface area contributed by atoms with Crippen molar-refractivity contribution < 1.29 is 4.79 Å². The van der Waals surface area contributed by atoms with Crippen molar-refractivity contribution in [3.63, 3.8) is 0 Å². The molecule has 5 aliphatic rings. The monoisotopic (exact) mass is 476 g/mol. The lowest BCUT2D eigenvalue weighted by Crippen LogP contribution is -2.63. The average Bonchev–Trinajstić information content (AvgIpc) is 2.80. The minimum absolute atomic E-state index is 0.117. The summed E-state index contributed by atoms with van der Waals surface area (Å²) >= 11 is 0. The molecule has 8 atom stereocenters. The van der Waals surface area contributed by atoms with Gasteiger partial charge in [-0.05, 0) is 110 Å². The van der Waals surface area contributed by atoms with Gasteiger partial charge in [-0.15, -0.1) is 6.42 Å². The number of allylic oxidation sites excluding steroid dienone is 2. The van der Waals surface area contributed by atoms with Crippen molar-refractivity contribution >= 4 is 5.78 Å². The summed E-state index contributed by atoms with van der Waals surface area (Å²) in [7, 11) is 0. The molecule has 35 heavy (non-hydrogen) atoms. The maximum atomic E-state index is 13.0. The number of terminal acetylenes is 1. The standard InChI is InChI=1S/C34H52O/c1-9-11-12-23-21-27-32(7,16-14-26-31(5,6)28(35)15-17-33(26,27)8)24-13-18-34(10-2)20-19-30(3,4)22-25(34)29(23)24/h2,12,24-27,29H,9,11,13-22H2,1,3-8H3/b23-12+. The molecule has 5 saturated carbocycles. The molecule has 1 nitrogen and oxygen atoms in total. The van der Waals surface area contributed by atoms with Gasteiger partial charge in [0.25, 0.3) is 0 Å². The molecule has 0 aromatic heterocycles. The third-order valence-electron chi connectivity index (χ3n) is 13.0. The number of ketones is 1. The van der Waals surface area contributed by atoms with E-state index in [0.29, 0.717) is 40.3 Å². The van der Waals surface area contributed by atoms with Crippen molar-refractivity contribution in [1.82, 2.24) is 0 Å². The van der Waals surface area contributed by atoms with Gasteiger partial charge in [0.2, 0.25) is 0 Å². The summed E-state index contributed by atoms with van der Waals surface area (Å²) in [5.41, 5.74) is 2.77. The summed E-state index contributed by atoms with van der Waals surface area (Å²) in [5.74, 6) is 7.26. The summed E-state index contributed by atoms with van der Waals surface area (Å²) < 4.78 is 0. The molecule has 0 aliphatic heterocycles. The van der Waals surface area contributed by atoms with Gasteiger partial charge in [0.05, 0.1) is 0 Å². The van der Waals surface area contributed by atoms with E-state index < -0.39 is 0 Å². The molecule has 0 aromatic carbocycles. The van der Waals surface area contributed by atoms with E-state index in [9.17, 15) is 4.79 Å². The van der Waals surface area contributed by atoms with Crippen molar-refractivity contribution in [1.29, 1.82) is 0 Å². The van der Waals surface area contributed by atoms with Gasteiger partial charge in [-0.2, -0.15) is 0 Å². The van der Waals surface area contributed by atoms with E-state index in [1.807, 2.05) is 0 Å². The second-order valence-corrected chi connectivity index (χ2v) is 15.5. The summed E-state index contributed by atoms with van der Waals surface area (Å²) in [4.78, 5) is 13.0. The second kappa shape index (κ2) is 8.23. The normalized spacial score (nSPS) is 49.3. The fraction of sp³-hybridized carbons (Fsp3) is 0.853. The van der Waals surface area contributed by atoms with Crippen LogP contribution < -0.4 is 0 Å². The molecule has 8 unspecified atom stereocenters. The van der Waals surface area contributed by atoms with Gasteiger partial charge in [-0.3, -0.25) is 4.79 Å². The Bertz CT molecular complexity index is 944. The van der Waals surface area contributed by atoms with Crippen LogP contribution in [0.3, 0.4) is 0 Å². The Kier molecular flexibility index (Phi) is 6.03. The third-order valence-corrected chi connectivity index (χ3v) is 13.0. The van der Waals surface area contributed by atoms with E-state index in [0.717, 1.165) is 18.8 Å². The van der Waals surface area contributed by atoms with Gasteiger partial charge in [-0.25, -0.2) is 0 Å². The first-order chi connectivity index (χ1) is 16.3. The summed E-state index contributed by atoms with van der Waals surface area (Å²) in [6.07, 6.45) is 23.5. The number of Topliss-reactive ketones (excluding diaryl/α,β-unsaturated/α-hetero) is 1. The number of hydrogen-bond acceptors (Lipinski definition) is 1. The SMILES string of the molecule is C#CC12CCC3C(/C(=C/CCC)CC4C3(C)CCC3C(C)(C)C(=O)CCC34C)C1CC(C)(C)CC2. The van der Waals surface area contributed by atoms with Crippen LogP contribution >= 0.6 is 0 Å². The fourth-order valence-electron chi connectivity index (χ4n) is 11.0. The van der Waals surface area contributed by atoms with Crippen molar-refractivity contribution in [2.75, 3.05) is 0 Å². The van der Waals surface area contributed by atoms with Crippen LogP contribution in [0.5, 0.6) is 0 Å². The number of carbonyl (C=O) groups excluding carboxylic acids is 1. The van der Waals surface area contributed by atoms with Crippen LogP contribution in [0.25, 0.3) is 0 Å². The molecular weight excluding hydrogens is 424 g/mol. The molecular formula is C34H52O. The summed E-state index contributed by atoms with van der Waals surface area (Å²) in [6.45, 7) is 17.1. The maximum Gasteiger partial charge on any atom is 0.138 e. The third kappa shape index (κ3) is 3.58. The van der Waals surface area contributed by atoms with E-state index in [1.165, 1.54) is 64.2 Å². The van der Waals surface area contributed by atoms with Gasteiger partial charge in [0.15, 0.2) is 0 Å². The highest BCUT2D eigenvalue weighted by molar-refractivity contribution is 5.85.